The van der Waals surface area contributed by atoms with Crippen molar-refractivity contribution in [3.63, 3.8) is 0 Å². The summed E-state index contributed by atoms with van der Waals surface area (Å²) in [5.41, 5.74) is 2.40. The van der Waals surface area contributed by atoms with E-state index in [1.54, 1.807) is 6.07 Å². The van der Waals surface area contributed by atoms with Crippen LogP contribution in [0.1, 0.15) is 41.0 Å². The molecule has 7 nitrogen and oxygen atoms in total. The number of benzene rings is 1. The Kier molecular flexibility index (Phi) is 6.17. The Labute approximate surface area is 195 Å². The topological polar surface area (TPSA) is 66.0 Å². The molecule has 1 atom stereocenters. The normalized spacial score (nSPS) is 24.6. The molecule has 174 valence electrons. The van der Waals surface area contributed by atoms with Crippen molar-refractivity contribution in [2.24, 2.45) is 0 Å². The number of likely N-dealkylation sites (tertiary alicyclic amines) is 1. The van der Waals surface area contributed by atoms with Crippen LogP contribution in [-0.2, 0) is 16.1 Å². The molecule has 33 heavy (non-hydrogen) atoms. The predicted molar refractivity (Wildman–Crippen MR) is 125 cm³/mol. The monoisotopic (exact) mass is 448 g/mol. The maximum absolute atomic E-state index is 13.2. The van der Waals surface area contributed by atoms with E-state index in [1.165, 1.54) is 0 Å². The van der Waals surface area contributed by atoms with Gasteiger partial charge in [0.2, 0.25) is 5.91 Å². The van der Waals surface area contributed by atoms with Gasteiger partial charge in [0.05, 0.1) is 18.7 Å². The number of aromatic nitrogens is 1. The number of rotatable bonds is 4. The summed E-state index contributed by atoms with van der Waals surface area (Å²) >= 11 is 0. The molecule has 1 spiro atoms. The van der Waals surface area contributed by atoms with Crippen LogP contribution in [0.15, 0.2) is 48.5 Å². The molecule has 3 aliphatic heterocycles. The predicted octanol–water partition coefficient (Wildman–Crippen LogP) is 2.50. The average Bonchev–Trinajstić information content (AvgIpc) is 3.30. The number of nitrogens with zero attached hydrogens (tertiary/aromatic N) is 4. The molecule has 3 aliphatic rings. The van der Waals surface area contributed by atoms with Crippen molar-refractivity contribution in [2.45, 2.75) is 44.3 Å². The standard InChI is InChI=1S/C26H32N4O3/c1-20-6-5-9-23(27-20)25(32)28-13-10-22(11-14-28)30-17-24(31)29(16-21-7-3-2-4-8-21)18-26(30)12-15-33-19-26/h2-9,22H,10-19H2,1H3. The Hall–Kier alpha value is -2.77. The van der Waals surface area contributed by atoms with Crippen LogP contribution >= 0.6 is 0 Å². The Morgan fingerprint density at radius 3 is 2.61 bits per heavy atom. The average molecular weight is 449 g/mol. The lowest BCUT2D eigenvalue weighted by molar-refractivity contribution is -0.148. The quantitative estimate of drug-likeness (QED) is 0.719. The van der Waals surface area contributed by atoms with E-state index in [1.807, 2.05) is 47.1 Å². The number of hydrogen-bond donors (Lipinski definition) is 0. The molecule has 4 heterocycles. The van der Waals surface area contributed by atoms with Crippen LogP contribution in [0.2, 0.25) is 0 Å². The Morgan fingerprint density at radius 2 is 1.91 bits per heavy atom. The first-order chi connectivity index (χ1) is 16.0. The third-order valence-corrected chi connectivity index (χ3v) is 7.35. The second kappa shape index (κ2) is 9.23. The van der Waals surface area contributed by atoms with Crippen LogP contribution in [0.3, 0.4) is 0 Å². The zero-order valence-electron chi connectivity index (χ0n) is 19.3. The zero-order chi connectivity index (χ0) is 22.8. The number of piperazine rings is 1. The largest absolute Gasteiger partial charge is 0.379 e. The lowest BCUT2D eigenvalue weighted by atomic mass is 9.87. The minimum atomic E-state index is -0.127. The first kappa shape index (κ1) is 22.0. The van der Waals surface area contributed by atoms with Gasteiger partial charge in [-0.25, -0.2) is 4.98 Å². The van der Waals surface area contributed by atoms with Gasteiger partial charge in [0.15, 0.2) is 0 Å². The summed E-state index contributed by atoms with van der Waals surface area (Å²) in [6.07, 6.45) is 2.68. The summed E-state index contributed by atoms with van der Waals surface area (Å²) in [5, 5.41) is 0. The van der Waals surface area contributed by atoms with Crippen molar-refractivity contribution < 1.29 is 14.3 Å². The van der Waals surface area contributed by atoms with Gasteiger partial charge in [-0.1, -0.05) is 36.4 Å². The van der Waals surface area contributed by atoms with Crippen molar-refractivity contribution in [3.05, 3.63) is 65.5 Å². The van der Waals surface area contributed by atoms with E-state index in [2.05, 4.69) is 22.0 Å². The highest BCUT2D eigenvalue weighted by atomic mass is 16.5. The second-order valence-corrected chi connectivity index (χ2v) is 9.58. The van der Waals surface area contributed by atoms with Gasteiger partial charge in [-0.05, 0) is 43.9 Å². The molecule has 3 fully saturated rings. The number of carbonyl (C=O) groups is 2. The fraction of sp³-hybridized carbons (Fsp3) is 0.500. The molecule has 2 aromatic rings. The third-order valence-electron chi connectivity index (χ3n) is 7.35. The number of ether oxygens (including phenoxy) is 1. The van der Waals surface area contributed by atoms with E-state index in [0.717, 1.165) is 37.1 Å². The van der Waals surface area contributed by atoms with Crippen molar-refractivity contribution in [2.75, 3.05) is 39.4 Å². The fourth-order valence-corrected chi connectivity index (χ4v) is 5.56. The van der Waals surface area contributed by atoms with E-state index in [0.29, 0.717) is 45.0 Å². The molecule has 0 aliphatic carbocycles. The summed E-state index contributed by atoms with van der Waals surface area (Å²) in [5.74, 6) is 0.179. The Balaban J connectivity index is 1.26. The van der Waals surface area contributed by atoms with Gasteiger partial charge in [-0.15, -0.1) is 0 Å². The van der Waals surface area contributed by atoms with Crippen molar-refractivity contribution in [1.29, 1.82) is 0 Å². The number of hydrogen-bond acceptors (Lipinski definition) is 5. The molecule has 1 aromatic carbocycles. The Bertz CT molecular complexity index is 998. The maximum Gasteiger partial charge on any atom is 0.272 e. The van der Waals surface area contributed by atoms with Gasteiger partial charge >= 0.3 is 0 Å². The molecular weight excluding hydrogens is 416 g/mol. The molecule has 3 saturated heterocycles. The van der Waals surface area contributed by atoms with Crippen molar-refractivity contribution >= 4 is 11.8 Å². The molecule has 2 amide bonds. The van der Waals surface area contributed by atoms with Crippen LogP contribution in [0.25, 0.3) is 0 Å². The fourth-order valence-electron chi connectivity index (χ4n) is 5.56. The van der Waals surface area contributed by atoms with Gasteiger partial charge in [0.25, 0.3) is 5.91 Å². The maximum atomic E-state index is 13.2. The van der Waals surface area contributed by atoms with Crippen LogP contribution in [-0.4, -0.2) is 82.5 Å². The molecule has 1 aromatic heterocycles. The minimum absolute atomic E-state index is 0.000167. The number of amides is 2. The van der Waals surface area contributed by atoms with Gasteiger partial charge in [-0.3, -0.25) is 14.5 Å². The van der Waals surface area contributed by atoms with Gasteiger partial charge in [0, 0.05) is 44.5 Å². The van der Waals surface area contributed by atoms with E-state index in [9.17, 15) is 9.59 Å². The summed E-state index contributed by atoms with van der Waals surface area (Å²) in [6.45, 7) is 6.45. The van der Waals surface area contributed by atoms with Gasteiger partial charge in [0.1, 0.15) is 5.69 Å². The smallest absolute Gasteiger partial charge is 0.272 e. The molecule has 0 radical (unpaired) electrons. The summed E-state index contributed by atoms with van der Waals surface area (Å²) < 4.78 is 5.87. The van der Waals surface area contributed by atoms with Gasteiger partial charge < -0.3 is 14.5 Å². The molecule has 0 N–H and O–H groups in total. The molecule has 0 saturated carbocycles. The highest BCUT2D eigenvalue weighted by Gasteiger charge is 2.50. The highest BCUT2D eigenvalue weighted by molar-refractivity contribution is 5.92. The number of aryl methyl sites for hydroxylation is 1. The summed E-state index contributed by atoms with van der Waals surface area (Å²) in [6, 6.07) is 16.0. The first-order valence-electron chi connectivity index (χ1n) is 11.9. The molecule has 0 bridgehead atoms. The van der Waals surface area contributed by atoms with Crippen LogP contribution < -0.4 is 0 Å². The number of pyridine rings is 1. The molecule has 7 heteroatoms. The van der Waals surface area contributed by atoms with E-state index in [4.69, 9.17) is 4.74 Å². The summed E-state index contributed by atoms with van der Waals surface area (Å²) in [4.78, 5) is 36.8. The van der Waals surface area contributed by atoms with E-state index in [-0.39, 0.29) is 23.4 Å². The SMILES string of the molecule is Cc1cccc(C(=O)N2CCC(N3CC(=O)N(Cc4ccccc4)CC34CCOC4)CC2)n1. The van der Waals surface area contributed by atoms with Crippen molar-refractivity contribution in [1.82, 2.24) is 19.7 Å². The number of piperidine rings is 1. The van der Waals surface area contributed by atoms with Crippen molar-refractivity contribution in [3.8, 4) is 0 Å². The second-order valence-electron chi connectivity index (χ2n) is 9.58. The Morgan fingerprint density at radius 1 is 1.12 bits per heavy atom. The van der Waals surface area contributed by atoms with E-state index < -0.39 is 0 Å². The third kappa shape index (κ3) is 4.52. The van der Waals surface area contributed by atoms with Crippen LogP contribution in [0.5, 0.6) is 0 Å². The lowest BCUT2D eigenvalue weighted by Crippen LogP contribution is -2.68. The molecule has 5 rings (SSSR count). The molecular formula is C26H32N4O3. The van der Waals surface area contributed by atoms with Gasteiger partial charge in [-0.2, -0.15) is 0 Å². The molecule has 1 unspecified atom stereocenters. The lowest BCUT2D eigenvalue weighted by Gasteiger charge is -2.52. The van der Waals surface area contributed by atoms with E-state index >= 15 is 0 Å². The number of carbonyl (C=O) groups excluding carboxylic acids is 2. The minimum Gasteiger partial charge on any atom is -0.379 e. The summed E-state index contributed by atoms with van der Waals surface area (Å²) in [7, 11) is 0. The highest BCUT2D eigenvalue weighted by Crippen LogP contribution is 2.35. The van der Waals surface area contributed by atoms with Crippen LogP contribution in [0.4, 0.5) is 0 Å². The zero-order valence-corrected chi connectivity index (χ0v) is 19.3. The first-order valence-corrected chi connectivity index (χ1v) is 11.9. The van der Waals surface area contributed by atoms with Crippen LogP contribution in [0, 0.1) is 6.92 Å².